The van der Waals surface area contributed by atoms with E-state index < -0.39 is 0 Å². The smallest absolute Gasteiger partial charge is 0.0888 e. The van der Waals surface area contributed by atoms with E-state index >= 15 is 0 Å². The molecule has 1 aromatic carbocycles. The van der Waals surface area contributed by atoms with Crippen LogP contribution < -0.4 is 0 Å². The third-order valence-electron chi connectivity index (χ3n) is 2.56. The van der Waals surface area contributed by atoms with Crippen LogP contribution in [0.2, 0.25) is 0 Å². The summed E-state index contributed by atoms with van der Waals surface area (Å²) in [5.41, 5.74) is 5.62. The van der Waals surface area contributed by atoms with Gasteiger partial charge in [-0.2, -0.15) is 0 Å². The Bertz CT molecular complexity index is 490. The van der Waals surface area contributed by atoms with Crippen molar-refractivity contribution in [2.45, 2.75) is 20.8 Å². The minimum atomic E-state index is 0.943. The topological polar surface area (TPSA) is 25.8 Å². The minimum absolute atomic E-state index is 0.943. The molecular formula is C13H14N2. The predicted octanol–water partition coefficient (Wildman–Crippen LogP) is 3.07. The highest BCUT2D eigenvalue weighted by Crippen LogP contribution is 2.19. The molecule has 76 valence electrons. The van der Waals surface area contributed by atoms with Gasteiger partial charge in [-0.25, -0.2) is 4.98 Å². The highest BCUT2D eigenvalue weighted by molar-refractivity contribution is 5.60. The van der Waals surface area contributed by atoms with Crippen LogP contribution >= 0.6 is 0 Å². The summed E-state index contributed by atoms with van der Waals surface area (Å²) in [6, 6.07) is 6.36. The average molecular weight is 198 g/mol. The first-order valence-electron chi connectivity index (χ1n) is 5.03. The monoisotopic (exact) mass is 198 g/mol. The lowest BCUT2D eigenvalue weighted by atomic mass is 10.0. The second kappa shape index (κ2) is 3.81. The summed E-state index contributed by atoms with van der Waals surface area (Å²) in [5, 5.41) is 0. The number of nitrogens with zero attached hydrogens (tertiary/aromatic N) is 2. The number of aromatic nitrogens is 2. The number of benzene rings is 1. The van der Waals surface area contributed by atoms with Crippen LogP contribution in [0.15, 0.2) is 30.6 Å². The van der Waals surface area contributed by atoms with Crippen molar-refractivity contribution in [1.82, 2.24) is 9.97 Å². The molecule has 0 aliphatic carbocycles. The maximum Gasteiger partial charge on any atom is 0.0888 e. The number of hydrogen-bond donors (Lipinski definition) is 0. The van der Waals surface area contributed by atoms with E-state index in [-0.39, 0.29) is 0 Å². The van der Waals surface area contributed by atoms with Gasteiger partial charge in [0.05, 0.1) is 17.6 Å². The van der Waals surface area contributed by atoms with E-state index in [4.69, 9.17) is 0 Å². The Labute approximate surface area is 90.0 Å². The lowest BCUT2D eigenvalue weighted by Crippen LogP contribution is -1.90. The van der Waals surface area contributed by atoms with Crippen molar-refractivity contribution in [3.05, 3.63) is 47.4 Å². The highest BCUT2D eigenvalue weighted by atomic mass is 14.8. The van der Waals surface area contributed by atoms with Gasteiger partial charge in [-0.05, 0) is 38.0 Å². The molecular weight excluding hydrogens is 184 g/mol. The number of hydrogen-bond acceptors (Lipinski definition) is 2. The van der Waals surface area contributed by atoms with E-state index in [2.05, 4.69) is 42.0 Å². The van der Waals surface area contributed by atoms with Crippen LogP contribution in [0.3, 0.4) is 0 Å². The molecule has 0 aliphatic rings. The van der Waals surface area contributed by atoms with Gasteiger partial charge in [0.2, 0.25) is 0 Å². The molecule has 0 radical (unpaired) electrons. The lowest BCUT2D eigenvalue weighted by Gasteiger charge is -2.04. The molecule has 15 heavy (non-hydrogen) atoms. The molecule has 0 N–H and O–H groups in total. The van der Waals surface area contributed by atoms with Gasteiger partial charge in [0.15, 0.2) is 0 Å². The number of rotatable bonds is 1. The molecule has 0 amide bonds. The van der Waals surface area contributed by atoms with Gasteiger partial charge < -0.3 is 0 Å². The SMILES string of the molecule is Cc1cncc(-c2ccc(C)c(C)c2)n1. The molecule has 2 nitrogen and oxygen atoms in total. The fourth-order valence-electron chi connectivity index (χ4n) is 1.50. The molecule has 0 aliphatic heterocycles. The molecule has 1 heterocycles. The van der Waals surface area contributed by atoms with Crippen molar-refractivity contribution in [2.75, 3.05) is 0 Å². The molecule has 0 unspecified atom stereocenters. The van der Waals surface area contributed by atoms with Crippen LogP contribution in [0.25, 0.3) is 11.3 Å². The van der Waals surface area contributed by atoms with Gasteiger partial charge in [0, 0.05) is 11.8 Å². The summed E-state index contributed by atoms with van der Waals surface area (Å²) in [5.74, 6) is 0. The summed E-state index contributed by atoms with van der Waals surface area (Å²) in [7, 11) is 0. The fourth-order valence-corrected chi connectivity index (χ4v) is 1.50. The zero-order valence-corrected chi connectivity index (χ0v) is 9.28. The summed E-state index contributed by atoms with van der Waals surface area (Å²) >= 11 is 0. The van der Waals surface area contributed by atoms with Gasteiger partial charge in [0.25, 0.3) is 0 Å². The summed E-state index contributed by atoms with van der Waals surface area (Å²) < 4.78 is 0. The first-order chi connectivity index (χ1) is 7.16. The first-order valence-corrected chi connectivity index (χ1v) is 5.03. The first kappa shape index (κ1) is 9.84. The van der Waals surface area contributed by atoms with Crippen molar-refractivity contribution in [3.8, 4) is 11.3 Å². The van der Waals surface area contributed by atoms with Crippen molar-refractivity contribution >= 4 is 0 Å². The van der Waals surface area contributed by atoms with E-state index in [0.717, 1.165) is 17.0 Å². The number of aryl methyl sites for hydroxylation is 3. The van der Waals surface area contributed by atoms with Gasteiger partial charge in [-0.3, -0.25) is 4.98 Å². The Morgan fingerprint density at radius 2 is 1.73 bits per heavy atom. The molecule has 0 saturated heterocycles. The summed E-state index contributed by atoms with van der Waals surface area (Å²) in [4.78, 5) is 8.60. The highest BCUT2D eigenvalue weighted by Gasteiger charge is 2.01. The van der Waals surface area contributed by atoms with Crippen molar-refractivity contribution in [2.24, 2.45) is 0 Å². The van der Waals surface area contributed by atoms with Gasteiger partial charge in [-0.1, -0.05) is 12.1 Å². The minimum Gasteiger partial charge on any atom is -0.261 e. The molecule has 2 rings (SSSR count). The van der Waals surface area contributed by atoms with Gasteiger partial charge >= 0.3 is 0 Å². The molecule has 2 aromatic rings. The lowest BCUT2D eigenvalue weighted by molar-refractivity contribution is 1.12. The summed E-state index contributed by atoms with van der Waals surface area (Å²) in [6.45, 7) is 6.18. The molecule has 0 saturated carbocycles. The Hall–Kier alpha value is -1.70. The molecule has 0 spiro atoms. The fraction of sp³-hybridized carbons (Fsp3) is 0.231. The largest absolute Gasteiger partial charge is 0.261 e. The van der Waals surface area contributed by atoms with Gasteiger partial charge in [0.1, 0.15) is 0 Å². The van der Waals surface area contributed by atoms with Crippen molar-refractivity contribution < 1.29 is 0 Å². The van der Waals surface area contributed by atoms with E-state index in [1.54, 1.807) is 12.4 Å². The van der Waals surface area contributed by atoms with Crippen LogP contribution in [0.4, 0.5) is 0 Å². The Balaban J connectivity index is 2.50. The van der Waals surface area contributed by atoms with Crippen LogP contribution in [-0.2, 0) is 0 Å². The standard InChI is InChI=1S/C13H14N2/c1-9-4-5-12(6-10(9)2)13-8-14-7-11(3)15-13/h4-8H,1-3H3. The Kier molecular flexibility index (Phi) is 2.50. The van der Waals surface area contributed by atoms with Crippen LogP contribution in [0.5, 0.6) is 0 Å². The predicted molar refractivity (Wildman–Crippen MR) is 61.7 cm³/mol. The van der Waals surface area contributed by atoms with Crippen LogP contribution in [-0.4, -0.2) is 9.97 Å². The Morgan fingerprint density at radius 1 is 0.933 bits per heavy atom. The molecule has 0 bridgehead atoms. The average Bonchev–Trinajstić information content (AvgIpc) is 2.22. The molecule has 1 aromatic heterocycles. The summed E-state index contributed by atoms with van der Waals surface area (Å²) in [6.07, 6.45) is 3.57. The zero-order chi connectivity index (χ0) is 10.8. The third-order valence-corrected chi connectivity index (χ3v) is 2.56. The maximum absolute atomic E-state index is 4.45. The van der Waals surface area contributed by atoms with E-state index in [9.17, 15) is 0 Å². The maximum atomic E-state index is 4.45. The third kappa shape index (κ3) is 2.04. The second-order valence-corrected chi connectivity index (χ2v) is 3.84. The second-order valence-electron chi connectivity index (χ2n) is 3.84. The van der Waals surface area contributed by atoms with Crippen LogP contribution in [0.1, 0.15) is 16.8 Å². The van der Waals surface area contributed by atoms with E-state index in [1.807, 2.05) is 6.92 Å². The molecule has 0 atom stereocenters. The molecule has 2 heteroatoms. The molecule has 0 fully saturated rings. The van der Waals surface area contributed by atoms with E-state index in [0.29, 0.717) is 0 Å². The zero-order valence-electron chi connectivity index (χ0n) is 9.28. The van der Waals surface area contributed by atoms with Crippen LogP contribution in [0, 0.1) is 20.8 Å². The quantitative estimate of drug-likeness (QED) is 0.703. The normalized spacial score (nSPS) is 10.3. The van der Waals surface area contributed by atoms with Crippen molar-refractivity contribution in [3.63, 3.8) is 0 Å². The Morgan fingerprint density at radius 3 is 2.40 bits per heavy atom. The van der Waals surface area contributed by atoms with Crippen molar-refractivity contribution in [1.29, 1.82) is 0 Å². The van der Waals surface area contributed by atoms with Gasteiger partial charge in [-0.15, -0.1) is 0 Å². The van der Waals surface area contributed by atoms with E-state index in [1.165, 1.54) is 11.1 Å².